The normalized spacial score (nSPS) is 54.2. The molecule has 2 heteroatoms. The minimum atomic E-state index is -0.120. The van der Waals surface area contributed by atoms with Crippen LogP contribution >= 0.6 is 0 Å². The number of hydrogen-bond donors (Lipinski definition) is 1. The Balaban J connectivity index is 1.54. The lowest BCUT2D eigenvalue weighted by Gasteiger charge is -2.60. The minimum Gasteiger partial charge on any atom is -0.393 e. The Hall–Kier alpha value is -0.630. The van der Waals surface area contributed by atoms with Gasteiger partial charge in [-0.25, -0.2) is 0 Å². The molecule has 0 bridgehead atoms. The highest BCUT2D eigenvalue weighted by atomic mass is 16.3. The maximum atomic E-state index is 13.1. The highest BCUT2D eigenvalue weighted by Gasteiger charge is 2.68. The number of hydrogen-bond acceptors (Lipinski definition) is 2. The number of ketones is 1. The predicted molar refractivity (Wildman–Crippen MR) is 108 cm³/mol. The van der Waals surface area contributed by atoms with E-state index in [1.54, 1.807) is 5.57 Å². The van der Waals surface area contributed by atoms with Crippen LogP contribution in [0.25, 0.3) is 0 Å². The Labute approximate surface area is 165 Å². The molecule has 0 aromatic heterocycles. The first-order valence-electron chi connectivity index (χ1n) is 11.7. The summed E-state index contributed by atoms with van der Waals surface area (Å²) in [6, 6.07) is 0. The zero-order chi connectivity index (χ0) is 19.0. The molecule has 0 saturated heterocycles. The van der Waals surface area contributed by atoms with Gasteiger partial charge in [0.05, 0.1) is 6.10 Å². The lowest BCUT2D eigenvalue weighted by atomic mass is 9.44. The van der Waals surface area contributed by atoms with E-state index < -0.39 is 0 Å². The van der Waals surface area contributed by atoms with E-state index in [-0.39, 0.29) is 16.9 Å². The highest BCUT2D eigenvalue weighted by molar-refractivity contribution is 5.84. The molecule has 27 heavy (non-hydrogen) atoms. The molecule has 5 aliphatic rings. The summed E-state index contributed by atoms with van der Waals surface area (Å²) in [5, 5.41) is 10.2. The molecule has 0 heterocycles. The summed E-state index contributed by atoms with van der Waals surface area (Å²) in [6.45, 7) is 6.94. The number of carbonyl (C=O) groups excluding carboxylic acids is 1. The molecule has 0 aromatic carbocycles. The van der Waals surface area contributed by atoms with E-state index in [1.807, 2.05) is 6.92 Å². The maximum Gasteiger partial charge on any atom is 0.136 e. The molecule has 0 unspecified atom stereocenters. The Morgan fingerprint density at radius 2 is 1.89 bits per heavy atom. The average Bonchev–Trinajstić information content (AvgIpc) is 2.92. The Morgan fingerprint density at radius 1 is 1.07 bits per heavy atom. The van der Waals surface area contributed by atoms with Crippen LogP contribution in [0.2, 0.25) is 0 Å². The van der Waals surface area contributed by atoms with Crippen molar-refractivity contribution in [1.29, 1.82) is 0 Å². The summed E-state index contributed by atoms with van der Waals surface area (Å²) < 4.78 is 0. The molecule has 0 spiro atoms. The van der Waals surface area contributed by atoms with Crippen molar-refractivity contribution in [3.63, 3.8) is 0 Å². The van der Waals surface area contributed by atoms with Crippen LogP contribution in [0.1, 0.15) is 91.4 Å². The first-order chi connectivity index (χ1) is 12.8. The van der Waals surface area contributed by atoms with E-state index in [9.17, 15) is 9.90 Å². The average molecular weight is 371 g/mol. The van der Waals surface area contributed by atoms with Gasteiger partial charge in [-0.3, -0.25) is 4.79 Å². The molecule has 2 nitrogen and oxygen atoms in total. The third-order valence-electron chi connectivity index (χ3n) is 10.7. The minimum absolute atomic E-state index is 0.0193. The van der Waals surface area contributed by atoms with E-state index in [0.717, 1.165) is 43.4 Å². The van der Waals surface area contributed by atoms with Crippen LogP contribution in [0.5, 0.6) is 0 Å². The van der Waals surface area contributed by atoms with Crippen LogP contribution in [-0.4, -0.2) is 17.0 Å². The summed E-state index contributed by atoms with van der Waals surface area (Å²) in [6.07, 6.45) is 15.5. The molecule has 0 aliphatic heterocycles. The van der Waals surface area contributed by atoms with Gasteiger partial charge in [0, 0.05) is 5.41 Å². The van der Waals surface area contributed by atoms with Gasteiger partial charge in [-0.2, -0.15) is 0 Å². The molecule has 8 atom stereocenters. The van der Waals surface area contributed by atoms with Crippen LogP contribution in [-0.2, 0) is 4.79 Å². The van der Waals surface area contributed by atoms with E-state index in [4.69, 9.17) is 0 Å². The van der Waals surface area contributed by atoms with E-state index in [0.29, 0.717) is 17.1 Å². The van der Waals surface area contributed by atoms with Gasteiger partial charge in [-0.1, -0.05) is 38.3 Å². The van der Waals surface area contributed by atoms with E-state index >= 15 is 0 Å². The zero-order valence-corrected chi connectivity index (χ0v) is 17.6. The van der Waals surface area contributed by atoms with Gasteiger partial charge in [-0.05, 0) is 99.2 Å². The van der Waals surface area contributed by atoms with Crippen molar-refractivity contribution in [2.45, 2.75) is 97.5 Å². The molecular weight excluding hydrogens is 332 g/mol. The SMILES string of the molecule is CC(=O)[C@]12CCCC[C@@H]1C[C@@H]1[C@H]3CC=C4C[C@@H](O)CC[C@]4(C)[C@@H]3CC[C@@]12C. The van der Waals surface area contributed by atoms with Crippen molar-refractivity contribution in [3.05, 3.63) is 11.6 Å². The molecular formula is C25H38O2. The number of carbonyl (C=O) groups is 1. The van der Waals surface area contributed by atoms with Gasteiger partial charge in [-0.15, -0.1) is 0 Å². The van der Waals surface area contributed by atoms with Crippen LogP contribution in [0, 0.1) is 39.9 Å². The van der Waals surface area contributed by atoms with Gasteiger partial charge < -0.3 is 5.11 Å². The lowest BCUT2D eigenvalue weighted by molar-refractivity contribution is -0.147. The second-order valence-electron chi connectivity index (χ2n) is 11.3. The van der Waals surface area contributed by atoms with E-state index in [2.05, 4.69) is 19.9 Å². The second kappa shape index (κ2) is 5.94. The summed E-state index contributed by atoms with van der Waals surface area (Å²) in [4.78, 5) is 13.1. The van der Waals surface area contributed by atoms with Crippen molar-refractivity contribution in [2.24, 2.45) is 39.9 Å². The molecule has 4 fully saturated rings. The number of fused-ring (bicyclic) bond motifs is 7. The third kappa shape index (κ3) is 2.20. The summed E-state index contributed by atoms with van der Waals surface area (Å²) in [7, 11) is 0. The van der Waals surface area contributed by atoms with E-state index in [1.165, 1.54) is 44.9 Å². The Morgan fingerprint density at radius 3 is 2.67 bits per heavy atom. The fourth-order valence-corrected chi connectivity index (χ4v) is 9.44. The molecule has 4 saturated carbocycles. The summed E-state index contributed by atoms with van der Waals surface area (Å²) >= 11 is 0. The van der Waals surface area contributed by atoms with Crippen LogP contribution < -0.4 is 0 Å². The van der Waals surface area contributed by atoms with Crippen LogP contribution in [0.15, 0.2) is 11.6 Å². The monoisotopic (exact) mass is 370 g/mol. The van der Waals surface area contributed by atoms with Gasteiger partial charge in [0.2, 0.25) is 0 Å². The molecule has 0 radical (unpaired) electrons. The molecule has 5 rings (SSSR count). The molecule has 150 valence electrons. The summed E-state index contributed by atoms with van der Waals surface area (Å²) in [5.74, 6) is 3.41. The van der Waals surface area contributed by atoms with Crippen molar-refractivity contribution >= 4 is 5.78 Å². The largest absolute Gasteiger partial charge is 0.393 e. The van der Waals surface area contributed by atoms with Crippen molar-refractivity contribution in [1.82, 2.24) is 0 Å². The molecule has 0 aromatic rings. The van der Waals surface area contributed by atoms with Gasteiger partial charge >= 0.3 is 0 Å². The second-order valence-corrected chi connectivity index (χ2v) is 11.3. The van der Waals surface area contributed by atoms with Crippen LogP contribution in [0.3, 0.4) is 0 Å². The fraction of sp³-hybridized carbons (Fsp3) is 0.880. The quantitative estimate of drug-likeness (QED) is 0.602. The first kappa shape index (κ1) is 18.4. The van der Waals surface area contributed by atoms with Crippen molar-refractivity contribution < 1.29 is 9.90 Å². The zero-order valence-electron chi connectivity index (χ0n) is 17.6. The number of allylic oxidation sites excluding steroid dienone is 1. The maximum absolute atomic E-state index is 13.1. The van der Waals surface area contributed by atoms with Crippen molar-refractivity contribution in [2.75, 3.05) is 0 Å². The fourth-order valence-electron chi connectivity index (χ4n) is 9.44. The third-order valence-corrected chi connectivity index (χ3v) is 10.7. The number of Topliss-reactive ketones (excluding diaryl/α,β-unsaturated/α-hetero) is 1. The number of aliphatic hydroxyl groups is 1. The summed E-state index contributed by atoms with van der Waals surface area (Å²) in [5.41, 5.74) is 2.07. The van der Waals surface area contributed by atoms with Gasteiger partial charge in [0.1, 0.15) is 5.78 Å². The smallest absolute Gasteiger partial charge is 0.136 e. The van der Waals surface area contributed by atoms with Gasteiger partial charge in [0.15, 0.2) is 0 Å². The lowest BCUT2D eigenvalue weighted by Crippen LogP contribution is -2.55. The Bertz CT molecular complexity index is 680. The molecule has 5 aliphatic carbocycles. The molecule has 0 amide bonds. The van der Waals surface area contributed by atoms with Gasteiger partial charge in [0.25, 0.3) is 0 Å². The first-order valence-corrected chi connectivity index (χ1v) is 11.7. The topological polar surface area (TPSA) is 37.3 Å². The molecule has 1 N–H and O–H groups in total. The van der Waals surface area contributed by atoms with Crippen molar-refractivity contribution in [3.8, 4) is 0 Å². The highest BCUT2D eigenvalue weighted by Crippen LogP contribution is 2.73. The van der Waals surface area contributed by atoms with Crippen LogP contribution in [0.4, 0.5) is 0 Å². The Kier molecular flexibility index (Phi) is 4.05. The number of rotatable bonds is 1. The predicted octanol–water partition coefficient (Wildman–Crippen LogP) is 5.69. The standard InChI is InChI=1S/C25H38O2/c1-16(26)25-11-5-4-6-18(25)15-22-20-8-7-17-14-19(27)9-12-23(17,2)21(20)10-13-24(22,25)3/h7,18-22,27H,4-6,8-15H2,1-3H3/t18-,19+,20+,21-,22-,23+,24+,25-/m1/s1. The number of aliphatic hydroxyl groups excluding tert-OH is 1.